The summed E-state index contributed by atoms with van der Waals surface area (Å²) in [7, 11) is 5.89. The Morgan fingerprint density at radius 3 is 1.61 bits per heavy atom. The van der Waals surface area contributed by atoms with Crippen molar-refractivity contribution in [2.75, 3.05) is 47.5 Å². The quantitative estimate of drug-likeness (QED) is 0.0208. The molecule has 0 aromatic rings. The number of aliphatic carboxylic acids is 1. The van der Waals surface area contributed by atoms with Gasteiger partial charge in [-0.15, -0.1) is 0 Å². The molecule has 0 aliphatic rings. The Morgan fingerprint density at radius 2 is 1.06 bits per heavy atom. The lowest BCUT2D eigenvalue weighted by Crippen LogP contribution is -2.44. The Hall–Kier alpha value is -2.49. The molecule has 0 amide bonds. The van der Waals surface area contributed by atoms with Crippen LogP contribution in [0.3, 0.4) is 0 Å². The highest BCUT2D eigenvalue weighted by Crippen LogP contribution is 2.12. The number of carboxylic acid groups (broad SMARTS) is 1. The number of likely N-dealkylation sites (N-methyl/N-ethyl adjacent to an activating group) is 1. The number of carbonyl (C=O) groups excluding carboxylic acids is 3. The summed E-state index contributed by atoms with van der Waals surface area (Å²) in [5.74, 6) is -2.31. The van der Waals surface area contributed by atoms with Gasteiger partial charge in [-0.2, -0.15) is 0 Å². The minimum Gasteiger partial charge on any atom is -0.545 e. The van der Waals surface area contributed by atoms with Gasteiger partial charge in [-0.05, 0) is 51.4 Å². The molecule has 0 fully saturated rings. The fourth-order valence-corrected chi connectivity index (χ4v) is 5.19. The number of esters is 2. The molecule has 0 spiro atoms. The van der Waals surface area contributed by atoms with E-state index in [0.29, 0.717) is 17.4 Å². The molecule has 0 saturated heterocycles. The van der Waals surface area contributed by atoms with Crippen LogP contribution < -0.4 is 5.11 Å². The molecule has 0 saturated carbocycles. The second-order valence-electron chi connectivity index (χ2n) is 14.6. The van der Waals surface area contributed by atoms with Crippen molar-refractivity contribution in [1.29, 1.82) is 0 Å². The number of ether oxygens (including phenoxy) is 4. The molecular weight excluding hydrogens is 646 g/mol. The molecular formula is C42H75NO8. The zero-order valence-corrected chi connectivity index (χ0v) is 33.2. The minimum absolute atomic E-state index is 0.145. The highest BCUT2D eigenvalue weighted by Gasteiger charge is 2.21. The van der Waals surface area contributed by atoms with Crippen LogP contribution in [0.1, 0.15) is 155 Å². The summed E-state index contributed by atoms with van der Waals surface area (Å²) < 4.78 is 22.4. The normalized spacial score (nSPS) is 13.4. The van der Waals surface area contributed by atoms with E-state index in [2.05, 4.69) is 50.3 Å². The lowest BCUT2D eigenvalue weighted by molar-refractivity contribution is -0.870. The van der Waals surface area contributed by atoms with Gasteiger partial charge in [0, 0.05) is 12.8 Å². The van der Waals surface area contributed by atoms with Crippen LogP contribution in [0.5, 0.6) is 0 Å². The first kappa shape index (κ1) is 48.5. The third kappa shape index (κ3) is 35.7. The summed E-state index contributed by atoms with van der Waals surface area (Å²) >= 11 is 0. The van der Waals surface area contributed by atoms with Crippen LogP contribution in [0.4, 0.5) is 0 Å². The lowest BCUT2D eigenvalue weighted by Gasteiger charge is -2.26. The Balaban J connectivity index is 4.44. The van der Waals surface area contributed by atoms with Crippen molar-refractivity contribution in [3.63, 3.8) is 0 Å². The number of nitrogens with zero attached hydrogens (tertiary/aromatic N) is 1. The number of hydrogen-bond donors (Lipinski definition) is 0. The maximum atomic E-state index is 12.7. The van der Waals surface area contributed by atoms with Crippen molar-refractivity contribution in [2.24, 2.45) is 0 Å². The number of allylic oxidation sites excluding steroid dienone is 6. The monoisotopic (exact) mass is 722 g/mol. The average molecular weight is 722 g/mol. The van der Waals surface area contributed by atoms with Gasteiger partial charge >= 0.3 is 11.9 Å². The van der Waals surface area contributed by atoms with E-state index < -0.39 is 24.3 Å². The molecule has 0 aromatic heterocycles. The van der Waals surface area contributed by atoms with Crippen molar-refractivity contribution in [1.82, 2.24) is 0 Å². The van der Waals surface area contributed by atoms with Gasteiger partial charge in [-0.3, -0.25) is 9.59 Å². The number of rotatable bonds is 36. The fraction of sp³-hybridized carbons (Fsp3) is 0.786. The highest BCUT2D eigenvalue weighted by molar-refractivity contribution is 5.70. The Kier molecular flexibility index (Phi) is 32.9. The van der Waals surface area contributed by atoms with Gasteiger partial charge in [-0.25, -0.2) is 0 Å². The molecule has 2 unspecified atom stereocenters. The van der Waals surface area contributed by atoms with E-state index in [0.717, 1.165) is 70.6 Å². The van der Waals surface area contributed by atoms with Crippen LogP contribution in [0.25, 0.3) is 0 Å². The van der Waals surface area contributed by atoms with Crippen LogP contribution in [0.15, 0.2) is 36.5 Å². The van der Waals surface area contributed by atoms with Crippen LogP contribution >= 0.6 is 0 Å². The van der Waals surface area contributed by atoms with Crippen molar-refractivity contribution in [3.05, 3.63) is 36.5 Å². The van der Waals surface area contributed by atoms with Gasteiger partial charge in [-0.1, -0.05) is 127 Å². The first-order chi connectivity index (χ1) is 24.6. The van der Waals surface area contributed by atoms with E-state index in [1.165, 1.54) is 51.4 Å². The third-order valence-corrected chi connectivity index (χ3v) is 8.39. The average Bonchev–Trinajstić information content (AvgIpc) is 3.08. The summed E-state index contributed by atoms with van der Waals surface area (Å²) in [5.41, 5.74) is 0. The standard InChI is InChI=1S/C42H75NO8/c1-6-8-10-12-14-15-16-17-18-19-20-21-22-23-24-25-27-29-31-33-40(45)51-38(36-49-39(44)32-30-28-26-13-11-9-7-2)37-50-42(41(46)47)48-35-34-43(3,4)5/h14-15,17-18,20-21,38,42H,6-13,16,19,22-37H2,1-5H3/b15-14-,18-17-,21-20-. The molecule has 2 atom stereocenters. The molecule has 9 nitrogen and oxygen atoms in total. The van der Waals surface area contributed by atoms with Crippen LogP contribution in [-0.2, 0) is 33.3 Å². The number of hydrogen-bond acceptors (Lipinski definition) is 8. The van der Waals surface area contributed by atoms with Gasteiger partial charge in [0.25, 0.3) is 0 Å². The summed E-state index contributed by atoms with van der Waals surface area (Å²) in [4.78, 5) is 36.6. The maximum absolute atomic E-state index is 12.7. The summed E-state index contributed by atoms with van der Waals surface area (Å²) in [5, 5.41) is 11.6. The molecule has 0 N–H and O–H groups in total. The van der Waals surface area contributed by atoms with E-state index in [9.17, 15) is 19.5 Å². The van der Waals surface area contributed by atoms with Crippen molar-refractivity contribution in [3.8, 4) is 0 Å². The van der Waals surface area contributed by atoms with Gasteiger partial charge in [0.05, 0.1) is 40.3 Å². The molecule has 0 aliphatic heterocycles. The molecule has 51 heavy (non-hydrogen) atoms. The van der Waals surface area contributed by atoms with Crippen LogP contribution in [-0.4, -0.2) is 82.3 Å². The van der Waals surface area contributed by atoms with Crippen molar-refractivity contribution >= 4 is 17.9 Å². The number of unbranched alkanes of at least 4 members (excludes halogenated alkanes) is 15. The second-order valence-corrected chi connectivity index (χ2v) is 14.6. The number of carboxylic acids is 1. The summed E-state index contributed by atoms with van der Waals surface area (Å²) in [6, 6.07) is 0. The molecule has 0 rings (SSSR count). The van der Waals surface area contributed by atoms with E-state index in [-0.39, 0.29) is 38.6 Å². The lowest BCUT2D eigenvalue weighted by atomic mass is 10.1. The molecule has 0 aliphatic carbocycles. The SMILES string of the molecule is CCCCC/C=C\C/C=C\C/C=C\CCCCCCCCC(=O)OC(COC(=O)CCCCCCCCC)COC(OCC[N+](C)(C)C)C(=O)[O-]. The molecule has 0 bridgehead atoms. The van der Waals surface area contributed by atoms with Crippen LogP contribution in [0.2, 0.25) is 0 Å². The first-order valence-corrected chi connectivity index (χ1v) is 20.1. The zero-order valence-electron chi connectivity index (χ0n) is 33.2. The summed E-state index contributed by atoms with van der Waals surface area (Å²) in [6.07, 6.45) is 33.3. The van der Waals surface area contributed by atoms with E-state index in [1.54, 1.807) is 0 Å². The Labute approximate surface area is 311 Å². The predicted molar refractivity (Wildman–Crippen MR) is 205 cm³/mol. The second kappa shape index (κ2) is 34.6. The third-order valence-electron chi connectivity index (χ3n) is 8.39. The number of quaternary nitrogens is 1. The Morgan fingerprint density at radius 1 is 0.588 bits per heavy atom. The zero-order chi connectivity index (χ0) is 37.8. The van der Waals surface area contributed by atoms with Crippen molar-refractivity contribution < 1.29 is 42.9 Å². The van der Waals surface area contributed by atoms with E-state index in [4.69, 9.17) is 18.9 Å². The van der Waals surface area contributed by atoms with Crippen LogP contribution in [0, 0.1) is 0 Å². The smallest absolute Gasteiger partial charge is 0.306 e. The molecule has 9 heteroatoms. The fourth-order valence-electron chi connectivity index (χ4n) is 5.19. The molecule has 0 heterocycles. The largest absolute Gasteiger partial charge is 0.545 e. The van der Waals surface area contributed by atoms with E-state index >= 15 is 0 Å². The van der Waals surface area contributed by atoms with E-state index in [1.807, 2.05) is 21.1 Å². The Bertz CT molecular complexity index is 940. The minimum atomic E-state index is -1.62. The molecule has 296 valence electrons. The maximum Gasteiger partial charge on any atom is 0.306 e. The van der Waals surface area contributed by atoms with Crippen molar-refractivity contribution in [2.45, 2.75) is 167 Å². The van der Waals surface area contributed by atoms with Gasteiger partial charge in [0.1, 0.15) is 13.2 Å². The predicted octanol–water partition coefficient (Wildman–Crippen LogP) is 8.55. The van der Waals surface area contributed by atoms with Gasteiger partial charge in [0.2, 0.25) is 0 Å². The van der Waals surface area contributed by atoms with Gasteiger partial charge in [0.15, 0.2) is 12.4 Å². The topological polar surface area (TPSA) is 111 Å². The molecule has 0 radical (unpaired) electrons. The summed E-state index contributed by atoms with van der Waals surface area (Å²) in [6.45, 7) is 4.63. The molecule has 0 aromatic carbocycles. The number of carbonyl (C=O) groups is 3. The highest BCUT2D eigenvalue weighted by atomic mass is 16.7. The first-order valence-electron chi connectivity index (χ1n) is 20.1. The van der Waals surface area contributed by atoms with Gasteiger partial charge < -0.3 is 33.3 Å².